The Kier molecular flexibility index (Phi) is 4.03. The highest BCUT2D eigenvalue weighted by Crippen LogP contribution is 2.27. The number of likely N-dealkylation sites (N-methyl/N-ethyl adjacent to an activating group) is 1. The lowest BCUT2D eigenvalue weighted by atomic mass is 10.0. The number of aryl methyl sites for hydroxylation is 1. The number of hydrogen-bond donors (Lipinski definition) is 1. The van der Waals surface area contributed by atoms with Gasteiger partial charge in [-0.1, -0.05) is 18.2 Å². The van der Waals surface area contributed by atoms with E-state index in [1.54, 1.807) is 0 Å². The van der Waals surface area contributed by atoms with E-state index < -0.39 is 0 Å². The Balaban J connectivity index is 1.97. The van der Waals surface area contributed by atoms with Gasteiger partial charge >= 0.3 is 0 Å². The molecular formula is C16H17BrN4. The van der Waals surface area contributed by atoms with Crippen LogP contribution in [0.3, 0.4) is 0 Å². The standard InChI is InChI=1S/C16H17BrN4/c1-18-15(7-11-9-19-21(2)10-11)16-13(17)8-12-5-3-4-6-14(12)20-16/h3-6,8-10,15,18H,7H2,1-2H3. The van der Waals surface area contributed by atoms with Gasteiger partial charge in [0, 0.05) is 23.1 Å². The molecule has 0 aliphatic heterocycles. The first-order valence-corrected chi connectivity index (χ1v) is 7.66. The van der Waals surface area contributed by atoms with Crippen LogP contribution in [-0.4, -0.2) is 21.8 Å². The van der Waals surface area contributed by atoms with Gasteiger partial charge in [-0.3, -0.25) is 4.68 Å². The van der Waals surface area contributed by atoms with Crippen LogP contribution >= 0.6 is 15.9 Å². The van der Waals surface area contributed by atoms with Gasteiger partial charge in [-0.25, -0.2) is 4.98 Å². The SMILES string of the molecule is CNC(Cc1cnn(C)c1)c1nc2ccccc2cc1Br. The number of nitrogens with zero attached hydrogens (tertiary/aromatic N) is 3. The van der Waals surface area contributed by atoms with Crippen LogP contribution in [0.4, 0.5) is 0 Å². The number of fused-ring (bicyclic) bond motifs is 1. The predicted octanol–water partition coefficient (Wildman–Crippen LogP) is 3.23. The maximum absolute atomic E-state index is 4.81. The van der Waals surface area contributed by atoms with Crippen molar-refractivity contribution < 1.29 is 0 Å². The smallest absolute Gasteiger partial charge is 0.0725 e. The average molecular weight is 345 g/mol. The Morgan fingerprint density at radius 2 is 2.14 bits per heavy atom. The zero-order valence-corrected chi connectivity index (χ0v) is 13.6. The minimum Gasteiger partial charge on any atom is -0.311 e. The molecule has 4 nitrogen and oxygen atoms in total. The summed E-state index contributed by atoms with van der Waals surface area (Å²) in [6.45, 7) is 0. The quantitative estimate of drug-likeness (QED) is 0.790. The summed E-state index contributed by atoms with van der Waals surface area (Å²) in [5, 5.41) is 8.72. The number of benzene rings is 1. The Bertz CT molecular complexity index is 766. The van der Waals surface area contributed by atoms with Crippen molar-refractivity contribution in [3.05, 3.63) is 58.5 Å². The largest absolute Gasteiger partial charge is 0.311 e. The minimum absolute atomic E-state index is 0.146. The third-order valence-electron chi connectivity index (χ3n) is 3.58. The van der Waals surface area contributed by atoms with Crippen molar-refractivity contribution in [3.63, 3.8) is 0 Å². The highest BCUT2D eigenvalue weighted by molar-refractivity contribution is 9.10. The molecule has 0 radical (unpaired) electrons. The summed E-state index contributed by atoms with van der Waals surface area (Å²) in [5.74, 6) is 0. The number of pyridine rings is 1. The molecule has 0 saturated heterocycles. The summed E-state index contributed by atoms with van der Waals surface area (Å²) in [7, 11) is 3.90. The Labute approximate surface area is 132 Å². The molecule has 5 heteroatoms. The van der Waals surface area contributed by atoms with Crippen molar-refractivity contribution in [2.45, 2.75) is 12.5 Å². The van der Waals surface area contributed by atoms with Crippen LogP contribution in [-0.2, 0) is 13.5 Å². The Hall–Kier alpha value is -1.72. The lowest BCUT2D eigenvalue weighted by Crippen LogP contribution is -2.20. The number of halogens is 1. The molecule has 1 N–H and O–H groups in total. The fraction of sp³-hybridized carbons (Fsp3) is 0.250. The monoisotopic (exact) mass is 344 g/mol. The molecule has 1 atom stereocenters. The van der Waals surface area contributed by atoms with E-state index in [2.05, 4.69) is 38.5 Å². The molecule has 0 saturated carbocycles. The van der Waals surface area contributed by atoms with Gasteiger partial charge in [0.25, 0.3) is 0 Å². The van der Waals surface area contributed by atoms with Crippen molar-refractivity contribution in [1.29, 1.82) is 0 Å². The van der Waals surface area contributed by atoms with Gasteiger partial charge in [-0.2, -0.15) is 5.10 Å². The van der Waals surface area contributed by atoms with Gasteiger partial charge in [0.2, 0.25) is 0 Å². The van der Waals surface area contributed by atoms with Crippen LogP contribution in [0.5, 0.6) is 0 Å². The fourth-order valence-electron chi connectivity index (χ4n) is 2.50. The van der Waals surface area contributed by atoms with Gasteiger partial charge in [0.05, 0.1) is 23.4 Å². The van der Waals surface area contributed by atoms with Gasteiger partial charge in [0.1, 0.15) is 0 Å². The summed E-state index contributed by atoms with van der Waals surface area (Å²) in [4.78, 5) is 4.81. The van der Waals surface area contributed by atoms with Crippen LogP contribution in [0.1, 0.15) is 17.3 Å². The van der Waals surface area contributed by atoms with Crippen molar-refractivity contribution in [2.24, 2.45) is 7.05 Å². The highest BCUT2D eigenvalue weighted by atomic mass is 79.9. The van der Waals surface area contributed by atoms with Crippen molar-refractivity contribution in [2.75, 3.05) is 7.05 Å². The van der Waals surface area contributed by atoms with Gasteiger partial charge in [-0.15, -0.1) is 0 Å². The molecule has 21 heavy (non-hydrogen) atoms. The molecule has 0 spiro atoms. The van der Waals surface area contributed by atoms with Gasteiger partial charge < -0.3 is 5.32 Å². The van der Waals surface area contributed by atoms with Crippen molar-refractivity contribution in [1.82, 2.24) is 20.1 Å². The fourth-order valence-corrected chi connectivity index (χ4v) is 3.11. The van der Waals surface area contributed by atoms with Crippen LogP contribution in [0.2, 0.25) is 0 Å². The first-order chi connectivity index (χ1) is 10.2. The first kappa shape index (κ1) is 14.2. The number of aromatic nitrogens is 3. The molecule has 3 aromatic rings. The topological polar surface area (TPSA) is 42.7 Å². The number of nitrogens with one attached hydrogen (secondary N) is 1. The van der Waals surface area contributed by atoms with Crippen LogP contribution in [0, 0.1) is 0 Å². The van der Waals surface area contributed by atoms with Crippen molar-refractivity contribution in [3.8, 4) is 0 Å². The van der Waals surface area contributed by atoms with E-state index in [0.29, 0.717) is 0 Å². The van der Waals surface area contributed by atoms with Crippen LogP contribution < -0.4 is 5.32 Å². The molecule has 0 aliphatic rings. The normalized spacial score (nSPS) is 12.7. The van der Waals surface area contributed by atoms with E-state index in [9.17, 15) is 0 Å². The third kappa shape index (κ3) is 2.99. The van der Waals surface area contributed by atoms with E-state index in [1.165, 1.54) is 5.56 Å². The Morgan fingerprint density at radius 3 is 2.86 bits per heavy atom. The molecule has 1 aromatic carbocycles. The number of para-hydroxylation sites is 1. The number of hydrogen-bond acceptors (Lipinski definition) is 3. The van der Waals surface area contributed by atoms with Crippen LogP contribution in [0.15, 0.2) is 47.2 Å². The van der Waals surface area contributed by atoms with Gasteiger partial charge in [0.15, 0.2) is 0 Å². The predicted molar refractivity (Wildman–Crippen MR) is 88.2 cm³/mol. The minimum atomic E-state index is 0.146. The molecule has 0 aliphatic carbocycles. The number of rotatable bonds is 4. The van der Waals surface area contributed by atoms with Gasteiger partial charge in [-0.05, 0) is 47.1 Å². The second-order valence-electron chi connectivity index (χ2n) is 5.12. The van der Waals surface area contributed by atoms with E-state index in [-0.39, 0.29) is 6.04 Å². The molecule has 0 fully saturated rings. The van der Waals surface area contributed by atoms with E-state index in [1.807, 2.05) is 49.4 Å². The Morgan fingerprint density at radius 1 is 1.33 bits per heavy atom. The van der Waals surface area contributed by atoms with E-state index in [0.717, 1.165) is 27.5 Å². The lowest BCUT2D eigenvalue weighted by Gasteiger charge is -2.17. The average Bonchev–Trinajstić information content (AvgIpc) is 2.89. The molecule has 3 rings (SSSR count). The molecule has 0 bridgehead atoms. The summed E-state index contributed by atoms with van der Waals surface area (Å²) < 4.78 is 2.86. The first-order valence-electron chi connectivity index (χ1n) is 6.87. The maximum Gasteiger partial charge on any atom is 0.0725 e. The second kappa shape index (κ2) is 5.95. The molecule has 2 heterocycles. The van der Waals surface area contributed by atoms with E-state index >= 15 is 0 Å². The maximum atomic E-state index is 4.81. The summed E-state index contributed by atoms with van der Waals surface area (Å²) >= 11 is 3.65. The third-order valence-corrected chi connectivity index (χ3v) is 4.22. The summed E-state index contributed by atoms with van der Waals surface area (Å²) in [6.07, 6.45) is 4.80. The molecule has 108 valence electrons. The molecule has 2 aromatic heterocycles. The zero-order valence-electron chi connectivity index (χ0n) is 12.0. The lowest BCUT2D eigenvalue weighted by molar-refractivity contribution is 0.575. The summed E-state index contributed by atoms with van der Waals surface area (Å²) in [5.41, 5.74) is 3.24. The van der Waals surface area contributed by atoms with Crippen LogP contribution in [0.25, 0.3) is 10.9 Å². The molecule has 0 amide bonds. The zero-order chi connectivity index (χ0) is 14.8. The van der Waals surface area contributed by atoms with E-state index in [4.69, 9.17) is 4.98 Å². The molecular weight excluding hydrogens is 328 g/mol. The highest BCUT2D eigenvalue weighted by Gasteiger charge is 2.16. The second-order valence-corrected chi connectivity index (χ2v) is 5.97. The van der Waals surface area contributed by atoms with Crippen molar-refractivity contribution >= 4 is 26.8 Å². The summed E-state index contributed by atoms with van der Waals surface area (Å²) in [6, 6.07) is 10.4. The molecule has 1 unspecified atom stereocenters.